The van der Waals surface area contributed by atoms with Crippen molar-refractivity contribution in [1.29, 1.82) is 0 Å². The smallest absolute Gasteiger partial charge is 0.263 e. The van der Waals surface area contributed by atoms with E-state index in [9.17, 15) is 12.8 Å². The van der Waals surface area contributed by atoms with Gasteiger partial charge in [-0.3, -0.25) is 4.72 Å². The summed E-state index contributed by atoms with van der Waals surface area (Å²) in [6, 6.07) is 7.89. The summed E-state index contributed by atoms with van der Waals surface area (Å²) in [5.41, 5.74) is 0.0942. The zero-order valence-corrected chi connectivity index (χ0v) is 13.6. The maximum atomic E-state index is 13.4. The lowest BCUT2D eigenvalue weighted by Gasteiger charge is -2.10. The fourth-order valence-electron chi connectivity index (χ4n) is 1.46. The van der Waals surface area contributed by atoms with Crippen molar-refractivity contribution in [3.8, 4) is 0 Å². The molecule has 0 fully saturated rings. The van der Waals surface area contributed by atoms with Crippen LogP contribution in [0.3, 0.4) is 0 Å². The lowest BCUT2D eigenvalue weighted by atomic mass is 10.3. The summed E-state index contributed by atoms with van der Waals surface area (Å²) >= 11 is 14.5. The maximum Gasteiger partial charge on any atom is 0.263 e. The third kappa shape index (κ3) is 3.44. The molecule has 0 unspecified atom stereocenters. The first-order valence-corrected chi connectivity index (χ1v) is 8.26. The van der Waals surface area contributed by atoms with Gasteiger partial charge in [0.25, 0.3) is 10.0 Å². The fourth-order valence-corrected chi connectivity index (χ4v) is 3.53. The standard InChI is InChI=1S/C12H7BrCl2FNO2S/c13-9-3-2-8(6-11(9)16)17-20(18,19)12-4-1-7(14)5-10(12)15/h1-6,17H. The van der Waals surface area contributed by atoms with Gasteiger partial charge in [-0.05, 0) is 52.3 Å². The molecular formula is C12H7BrCl2FNO2S. The predicted molar refractivity (Wildman–Crippen MR) is 81.4 cm³/mol. The molecule has 1 N–H and O–H groups in total. The van der Waals surface area contributed by atoms with E-state index in [4.69, 9.17) is 23.2 Å². The molecule has 0 aliphatic rings. The zero-order valence-electron chi connectivity index (χ0n) is 9.70. The van der Waals surface area contributed by atoms with Crippen LogP contribution in [0.25, 0.3) is 0 Å². The van der Waals surface area contributed by atoms with E-state index >= 15 is 0 Å². The van der Waals surface area contributed by atoms with E-state index in [1.807, 2.05) is 0 Å². The summed E-state index contributed by atoms with van der Waals surface area (Å²) < 4.78 is 40.2. The first-order valence-electron chi connectivity index (χ1n) is 5.22. The number of nitrogens with one attached hydrogen (secondary N) is 1. The number of sulfonamides is 1. The minimum absolute atomic E-state index is 0.0115. The Bertz CT molecular complexity index is 768. The van der Waals surface area contributed by atoms with Crippen molar-refractivity contribution in [2.75, 3.05) is 4.72 Å². The highest BCUT2D eigenvalue weighted by Gasteiger charge is 2.18. The number of anilines is 1. The van der Waals surface area contributed by atoms with E-state index in [1.165, 1.54) is 30.3 Å². The summed E-state index contributed by atoms with van der Waals surface area (Å²) in [5, 5.41) is 0.311. The van der Waals surface area contributed by atoms with Gasteiger partial charge < -0.3 is 0 Å². The second-order valence-corrected chi connectivity index (χ2v) is 7.16. The van der Waals surface area contributed by atoms with Crippen LogP contribution >= 0.6 is 39.1 Å². The first kappa shape index (κ1) is 15.6. The highest BCUT2D eigenvalue weighted by atomic mass is 79.9. The van der Waals surface area contributed by atoms with Gasteiger partial charge in [-0.2, -0.15) is 0 Å². The van der Waals surface area contributed by atoms with Gasteiger partial charge >= 0.3 is 0 Å². The minimum Gasteiger partial charge on any atom is -0.279 e. The summed E-state index contributed by atoms with van der Waals surface area (Å²) in [7, 11) is -3.91. The molecule has 0 saturated carbocycles. The van der Waals surface area contributed by atoms with Gasteiger partial charge in [-0.15, -0.1) is 0 Å². The highest BCUT2D eigenvalue weighted by Crippen LogP contribution is 2.27. The van der Waals surface area contributed by atoms with Gasteiger partial charge in [0.05, 0.1) is 15.2 Å². The van der Waals surface area contributed by atoms with Gasteiger partial charge in [-0.1, -0.05) is 23.2 Å². The minimum atomic E-state index is -3.91. The summed E-state index contributed by atoms with van der Waals surface area (Å²) in [6.07, 6.45) is 0. The molecule has 8 heteroatoms. The summed E-state index contributed by atoms with van der Waals surface area (Å²) in [6.45, 7) is 0. The SMILES string of the molecule is O=S(=O)(Nc1ccc(Br)c(F)c1)c1ccc(Cl)cc1Cl. The number of hydrogen-bond acceptors (Lipinski definition) is 2. The molecule has 0 aliphatic heterocycles. The number of benzene rings is 2. The molecule has 0 aromatic heterocycles. The van der Waals surface area contributed by atoms with Gasteiger partial charge in [-0.25, -0.2) is 12.8 Å². The van der Waals surface area contributed by atoms with Crippen molar-refractivity contribution in [1.82, 2.24) is 0 Å². The van der Waals surface area contributed by atoms with Crippen molar-refractivity contribution in [2.45, 2.75) is 4.90 Å². The quantitative estimate of drug-likeness (QED) is 0.814. The van der Waals surface area contributed by atoms with E-state index in [0.717, 1.165) is 6.07 Å². The van der Waals surface area contributed by atoms with Crippen LogP contribution in [0.5, 0.6) is 0 Å². The molecule has 0 saturated heterocycles. The summed E-state index contributed by atoms with van der Waals surface area (Å²) in [5.74, 6) is -0.576. The number of halogens is 4. The van der Waals surface area contributed by atoms with Crippen LogP contribution in [0, 0.1) is 5.82 Å². The van der Waals surface area contributed by atoms with Crippen LogP contribution in [0.4, 0.5) is 10.1 Å². The van der Waals surface area contributed by atoms with Crippen molar-refractivity contribution in [3.05, 3.63) is 56.7 Å². The van der Waals surface area contributed by atoms with Crippen molar-refractivity contribution in [2.24, 2.45) is 0 Å². The molecule has 0 atom stereocenters. The average Bonchev–Trinajstić information content (AvgIpc) is 2.33. The molecule has 2 aromatic rings. The Morgan fingerprint density at radius 3 is 2.40 bits per heavy atom. The molecule has 20 heavy (non-hydrogen) atoms. The lowest BCUT2D eigenvalue weighted by Crippen LogP contribution is -2.13. The molecule has 0 heterocycles. The van der Waals surface area contributed by atoms with Gasteiger partial charge in [0, 0.05) is 5.02 Å². The Balaban J connectivity index is 2.38. The number of rotatable bonds is 3. The third-order valence-corrected chi connectivity index (χ3v) is 5.10. The van der Waals surface area contributed by atoms with Crippen molar-refractivity contribution < 1.29 is 12.8 Å². The van der Waals surface area contributed by atoms with Crippen molar-refractivity contribution in [3.63, 3.8) is 0 Å². The Labute approximate surface area is 133 Å². The topological polar surface area (TPSA) is 46.2 Å². The molecule has 0 amide bonds. The summed E-state index contributed by atoms with van der Waals surface area (Å²) in [4.78, 5) is -0.133. The van der Waals surface area contributed by atoms with Crippen LogP contribution in [-0.2, 0) is 10.0 Å². The van der Waals surface area contributed by atoms with Crippen molar-refractivity contribution >= 4 is 54.8 Å². The highest BCUT2D eigenvalue weighted by molar-refractivity contribution is 9.10. The molecular weight excluding hydrogens is 392 g/mol. The van der Waals surface area contributed by atoms with Crippen LogP contribution in [-0.4, -0.2) is 8.42 Å². The normalized spacial score (nSPS) is 11.4. The van der Waals surface area contributed by atoms with E-state index in [2.05, 4.69) is 20.7 Å². The maximum absolute atomic E-state index is 13.4. The van der Waals surface area contributed by atoms with E-state index in [1.54, 1.807) is 0 Å². The van der Waals surface area contributed by atoms with E-state index in [-0.39, 0.29) is 20.1 Å². The fraction of sp³-hybridized carbons (Fsp3) is 0. The molecule has 2 aromatic carbocycles. The van der Waals surface area contributed by atoms with Crippen LogP contribution in [0.1, 0.15) is 0 Å². The predicted octanol–water partition coefficient (Wildman–Crippen LogP) is 4.70. The largest absolute Gasteiger partial charge is 0.279 e. The Morgan fingerprint density at radius 1 is 1.10 bits per heavy atom. The molecule has 0 radical (unpaired) electrons. The Morgan fingerprint density at radius 2 is 1.80 bits per heavy atom. The second kappa shape index (κ2) is 5.89. The van der Waals surface area contributed by atoms with Crippen LogP contribution in [0.2, 0.25) is 10.0 Å². The average molecular weight is 399 g/mol. The molecule has 3 nitrogen and oxygen atoms in total. The third-order valence-electron chi connectivity index (χ3n) is 2.36. The molecule has 0 spiro atoms. The van der Waals surface area contributed by atoms with Crippen LogP contribution < -0.4 is 4.72 Å². The lowest BCUT2D eigenvalue weighted by molar-refractivity contribution is 0.601. The molecule has 2 rings (SSSR count). The molecule has 0 bridgehead atoms. The van der Waals surface area contributed by atoms with Gasteiger partial charge in [0.1, 0.15) is 10.7 Å². The van der Waals surface area contributed by atoms with Gasteiger partial charge in [0.2, 0.25) is 0 Å². The second-order valence-electron chi connectivity index (χ2n) is 3.81. The molecule has 106 valence electrons. The van der Waals surface area contributed by atoms with E-state index < -0.39 is 15.8 Å². The monoisotopic (exact) mass is 397 g/mol. The zero-order chi connectivity index (χ0) is 14.9. The Kier molecular flexibility index (Phi) is 4.59. The molecule has 0 aliphatic carbocycles. The van der Waals surface area contributed by atoms with Gasteiger partial charge in [0.15, 0.2) is 0 Å². The Hall–Kier alpha value is -0.820. The van der Waals surface area contributed by atoms with E-state index in [0.29, 0.717) is 5.02 Å². The first-order chi connectivity index (χ1) is 9.29. The number of hydrogen-bond donors (Lipinski definition) is 1. The van der Waals surface area contributed by atoms with Crippen LogP contribution in [0.15, 0.2) is 45.8 Å².